The number of carbonyl (C=O) groups excluding carboxylic acids is 1. The third-order valence-electron chi connectivity index (χ3n) is 3.34. The van der Waals surface area contributed by atoms with E-state index in [4.69, 9.17) is 12.2 Å². The molecule has 2 aromatic carbocycles. The fraction of sp³-hybridized carbons (Fsp3) is 0.125. The number of hydrogen-bond donors (Lipinski definition) is 2. The summed E-state index contributed by atoms with van der Waals surface area (Å²) in [5.74, 6) is -0.170. The second kappa shape index (κ2) is 5.06. The van der Waals surface area contributed by atoms with Crippen LogP contribution in [0.3, 0.4) is 0 Å². The van der Waals surface area contributed by atoms with Crippen molar-refractivity contribution in [3.63, 3.8) is 0 Å². The van der Waals surface area contributed by atoms with Gasteiger partial charge >= 0.3 is 0 Å². The van der Waals surface area contributed by atoms with Gasteiger partial charge in [0.25, 0.3) is 0 Å². The van der Waals surface area contributed by atoms with E-state index in [0.717, 1.165) is 12.1 Å². The highest BCUT2D eigenvalue weighted by Crippen LogP contribution is 2.37. The minimum Gasteiger partial charge on any atom is -0.332 e. The monoisotopic (exact) mass is 282 g/mol. The van der Waals surface area contributed by atoms with Crippen LogP contribution in [-0.4, -0.2) is 11.0 Å². The van der Waals surface area contributed by atoms with Gasteiger partial charge in [0.2, 0.25) is 5.91 Å². The number of benzene rings is 2. The highest BCUT2D eigenvalue weighted by Gasteiger charge is 2.17. The number of rotatable bonds is 1. The van der Waals surface area contributed by atoms with Crippen LogP contribution in [0.25, 0.3) is 11.1 Å². The Morgan fingerprint density at radius 3 is 2.65 bits per heavy atom. The van der Waals surface area contributed by atoms with Crippen molar-refractivity contribution in [1.29, 1.82) is 0 Å². The molecule has 0 bridgehead atoms. The maximum absolute atomic E-state index is 10.9. The van der Waals surface area contributed by atoms with E-state index in [1.165, 1.54) is 29.2 Å². The molecule has 0 saturated carbocycles. The minimum absolute atomic E-state index is 0.170. The SMILES string of the molecule is CC(=O)NC(=S)Nc1ccc2c(c1)Cc1ccccc1-2. The molecule has 0 heterocycles. The van der Waals surface area contributed by atoms with Gasteiger partial charge in [-0.05, 0) is 53.0 Å². The highest BCUT2D eigenvalue weighted by atomic mass is 32.1. The number of fused-ring (bicyclic) bond motifs is 3. The summed E-state index contributed by atoms with van der Waals surface area (Å²) in [6.07, 6.45) is 0.938. The maximum atomic E-state index is 10.9. The van der Waals surface area contributed by atoms with Crippen LogP contribution in [0.4, 0.5) is 5.69 Å². The molecular formula is C16H14N2OS. The van der Waals surface area contributed by atoms with Gasteiger partial charge in [-0.15, -0.1) is 0 Å². The summed E-state index contributed by atoms with van der Waals surface area (Å²) >= 11 is 5.07. The summed E-state index contributed by atoms with van der Waals surface area (Å²) in [6, 6.07) is 14.6. The summed E-state index contributed by atoms with van der Waals surface area (Å²) < 4.78 is 0. The first kappa shape index (κ1) is 12.8. The summed E-state index contributed by atoms with van der Waals surface area (Å²) in [6.45, 7) is 1.44. The quantitative estimate of drug-likeness (QED) is 0.674. The Hall–Kier alpha value is -2.20. The van der Waals surface area contributed by atoms with Crippen LogP contribution >= 0.6 is 12.2 Å². The van der Waals surface area contributed by atoms with E-state index in [0.29, 0.717) is 5.11 Å². The zero-order chi connectivity index (χ0) is 14.1. The number of hydrogen-bond acceptors (Lipinski definition) is 2. The average molecular weight is 282 g/mol. The van der Waals surface area contributed by atoms with E-state index >= 15 is 0 Å². The zero-order valence-electron chi connectivity index (χ0n) is 11.1. The molecule has 1 aliphatic rings. The Balaban J connectivity index is 1.84. The van der Waals surface area contributed by atoms with Crippen molar-refractivity contribution >= 4 is 28.9 Å². The molecule has 0 fully saturated rings. The standard InChI is InChI=1S/C16H14N2OS/c1-10(19)17-16(20)18-13-6-7-15-12(9-13)8-11-4-2-3-5-14(11)15/h2-7,9H,8H2,1H3,(H2,17,18,19,20). The molecule has 0 atom stereocenters. The minimum atomic E-state index is -0.170. The third kappa shape index (κ3) is 2.42. The molecule has 3 nitrogen and oxygen atoms in total. The van der Waals surface area contributed by atoms with Crippen molar-refractivity contribution in [1.82, 2.24) is 5.32 Å². The molecular weight excluding hydrogens is 268 g/mol. The second-order valence-corrected chi connectivity index (χ2v) is 5.25. The van der Waals surface area contributed by atoms with Gasteiger partial charge in [0, 0.05) is 12.6 Å². The molecule has 0 radical (unpaired) electrons. The summed E-state index contributed by atoms with van der Waals surface area (Å²) in [4.78, 5) is 10.9. The van der Waals surface area contributed by atoms with Crippen molar-refractivity contribution in [3.05, 3.63) is 53.6 Å². The number of thiocarbonyl (C=S) groups is 1. The van der Waals surface area contributed by atoms with Crippen molar-refractivity contribution < 1.29 is 4.79 Å². The molecule has 2 aromatic rings. The van der Waals surface area contributed by atoms with Gasteiger partial charge in [0.15, 0.2) is 5.11 Å². The second-order valence-electron chi connectivity index (χ2n) is 4.84. The van der Waals surface area contributed by atoms with Crippen molar-refractivity contribution in [3.8, 4) is 11.1 Å². The van der Waals surface area contributed by atoms with Crippen LogP contribution in [0, 0.1) is 0 Å². The number of nitrogens with one attached hydrogen (secondary N) is 2. The van der Waals surface area contributed by atoms with Gasteiger partial charge in [-0.1, -0.05) is 30.3 Å². The van der Waals surface area contributed by atoms with E-state index in [1.807, 2.05) is 6.07 Å². The lowest BCUT2D eigenvalue weighted by Crippen LogP contribution is -2.32. The van der Waals surface area contributed by atoms with E-state index in [9.17, 15) is 4.79 Å². The van der Waals surface area contributed by atoms with Crippen molar-refractivity contribution in [2.24, 2.45) is 0 Å². The van der Waals surface area contributed by atoms with E-state index in [2.05, 4.69) is 47.0 Å². The number of amides is 1. The van der Waals surface area contributed by atoms with Crippen LogP contribution in [0.5, 0.6) is 0 Å². The molecule has 100 valence electrons. The van der Waals surface area contributed by atoms with Gasteiger partial charge in [0.1, 0.15) is 0 Å². The predicted octanol–water partition coefficient (Wildman–Crippen LogP) is 3.09. The van der Waals surface area contributed by atoms with E-state index in [1.54, 1.807) is 0 Å². The van der Waals surface area contributed by atoms with Gasteiger partial charge in [-0.2, -0.15) is 0 Å². The van der Waals surface area contributed by atoms with Crippen LogP contribution in [0.1, 0.15) is 18.1 Å². The van der Waals surface area contributed by atoms with E-state index < -0.39 is 0 Å². The molecule has 0 aliphatic heterocycles. The third-order valence-corrected chi connectivity index (χ3v) is 3.55. The van der Waals surface area contributed by atoms with Gasteiger partial charge in [-0.25, -0.2) is 0 Å². The normalized spacial score (nSPS) is 11.4. The highest BCUT2D eigenvalue weighted by molar-refractivity contribution is 7.80. The molecule has 2 N–H and O–H groups in total. The van der Waals surface area contributed by atoms with Crippen LogP contribution in [0.15, 0.2) is 42.5 Å². The number of carbonyl (C=O) groups is 1. The van der Waals surface area contributed by atoms with Crippen molar-refractivity contribution in [2.45, 2.75) is 13.3 Å². The first-order valence-electron chi connectivity index (χ1n) is 6.43. The molecule has 0 spiro atoms. The van der Waals surface area contributed by atoms with Gasteiger partial charge < -0.3 is 10.6 Å². The molecule has 1 aliphatic carbocycles. The number of anilines is 1. The fourth-order valence-electron chi connectivity index (χ4n) is 2.55. The average Bonchev–Trinajstić information content (AvgIpc) is 2.75. The van der Waals surface area contributed by atoms with Crippen LogP contribution in [0.2, 0.25) is 0 Å². The summed E-state index contributed by atoms with van der Waals surface area (Å²) in [5.41, 5.74) is 6.11. The Kier molecular flexibility index (Phi) is 3.24. The van der Waals surface area contributed by atoms with Crippen LogP contribution in [-0.2, 0) is 11.2 Å². The molecule has 4 heteroatoms. The van der Waals surface area contributed by atoms with Gasteiger partial charge in [0.05, 0.1) is 0 Å². The topological polar surface area (TPSA) is 41.1 Å². The largest absolute Gasteiger partial charge is 0.332 e. The van der Waals surface area contributed by atoms with Crippen molar-refractivity contribution in [2.75, 3.05) is 5.32 Å². The molecule has 0 unspecified atom stereocenters. The van der Waals surface area contributed by atoms with Crippen LogP contribution < -0.4 is 10.6 Å². The maximum Gasteiger partial charge on any atom is 0.222 e. The first-order chi connectivity index (χ1) is 9.63. The molecule has 3 rings (SSSR count). The zero-order valence-corrected chi connectivity index (χ0v) is 11.9. The fourth-order valence-corrected chi connectivity index (χ4v) is 2.81. The first-order valence-corrected chi connectivity index (χ1v) is 6.84. The smallest absolute Gasteiger partial charge is 0.222 e. The molecule has 0 aromatic heterocycles. The lowest BCUT2D eigenvalue weighted by Gasteiger charge is -2.09. The molecule has 1 amide bonds. The Morgan fingerprint density at radius 1 is 1.10 bits per heavy atom. The Morgan fingerprint density at radius 2 is 1.85 bits per heavy atom. The van der Waals surface area contributed by atoms with Gasteiger partial charge in [-0.3, -0.25) is 4.79 Å². The summed E-state index contributed by atoms with van der Waals surface area (Å²) in [5, 5.41) is 5.91. The molecule has 20 heavy (non-hydrogen) atoms. The Bertz CT molecular complexity index is 709. The lowest BCUT2D eigenvalue weighted by molar-refractivity contribution is -0.117. The Labute approximate surface area is 123 Å². The van der Waals surface area contributed by atoms with E-state index in [-0.39, 0.29) is 5.91 Å². The summed E-state index contributed by atoms with van der Waals surface area (Å²) in [7, 11) is 0. The molecule has 0 saturated heterocycles. The predicted molar refractivity (Wildman–Crippen MR) is 84.7 cm³/mol. The lowest BCUT2D eigenvalue weighted by atomic mass is 10.1.